The summed E-state index contributed by atoms with van der Waals surface area (Å²) >= 11 is 0. The predicted octanol–water partition coefficient (Wildman–Crippen LogP) is 15.6. The molecule has 2 nitrogen and oxygen atoms in total. The molecule has 11 rings (SSSR count). The number of nitrogens with one attached hydrogen (secondary N) is 1. The molecule has 2 heteroatoms. The van der Waals surface area contributed by atoms with Crippen molar-refractivity contribution in [1.29, 1.82) is 5.41 Å². The van der Waals surface area contributed by atoms with E-state index in [4.69, 9.17) is 5.41 Å². The summed E-state index contributed by atoms with van der Waals surface area (Å²) in [5.41, 5.74) is 17.8. The van der Waals surface area contributed by atoms with Crippen LogP contribution >= 0.6 is 0 Å². The van der Waals surface area contributed by atoms with E-state index in [1.165, 1.54) is 94.5 Å². The van der Waals surface area contributed by atoms with Crippen molar-refractivity contribution in [2.75, 3.05) is 0 Å². The highest BCUT2D eigenvalue weighted by atomic mass is 14.6. The predicted molar refractivity (Wildman–Crippen MR) is 255 cm³/mol. The van der Waals surface area contributed by atoms with Gasteiger partial charge in [-0.05, 0) is 141 Å². The molecule has 9 aromatic carbocycles. The monoisotopic (exact) mass is 762 g/mol. The van der Waals surface area contributed by atoms with Crippen LogP contribution in [0, 0.1) is 5.41 Å². The first-order chi connectivity index (χ1) is 29.7. The third-order valence-electron chi connectivity index (χ3n) is 12.0. The van der Waals surface area contributed by atoms with Crippen LogP contribution in [0.3, 0.4) is 0 Å². The molecule has 0 saturated carbocycles. The van der Waals surface area contributed by atoms with Crippen LogP contribution in [0.15, 0.2) is 212 Å². The molecule has 10 aromatic rings. The van der Waals surface area contributed by atoms with E-state index in [2.05, 4.69) is 181 Å². The van der Waals surface area contributed by atoms with Gasteiger partial charge >= 0.3 is 0 Å². The fourth-order valence-corrected chi connectivity index (χ4v) is 9.26. The number of hydrogen-bond acceptors (Lipinski definition) is 2. The summed E-state index contributed by atoms with van der Waals surface area (Å²) in [6.07, 6.45) is 9.06. The molecule has 0 aliphatic heterocycles. The van der Waals surface area contributed by atoms with Crippen molar-refractivity contribution in [3.05, 3.63) is 224 Å². The third-order valence-corrected chi connectivity index (χ3v) is 12.0. The van der Waals surface area contributed by atoms with Crippen LogP contribution in [0.1, 0.15) is 11.3 Å². The molecular formula is C58H38N2. The highest BCUT2D eigenvalue weighted by Crippen LogP contribution is 2.58. The molecule has 0 fully saturated rings. The molecule has 1 aliphatic carbocycles. The maximum atomic E-state index is 8.08. The van der Waals surface area contributed by atoms with Gasteiger partial charge in [-0.1, -0.05) is 182 Å². The molecule has 1 aromatic heterocycles. The lowest BCUT2D eigenvalue weighted by Gasteiger charge is -2.20. The van der Waals surface area contributed by atoms with E-state index in [1.54, 1.807) is 6.20 Å². The topological polar surface area (TPSA) is 36.7 Å². The number of allylic oxidation sites excluding steroid dienone is 3. The zero-order chi connectivity index (χ0) is 40.0. The number of aromatic nitrogens is 1. The van der Waals surface area contributed by atoms with Gasteiger partial charge in [0, 0.05) is 12.4 Å². The summed E-state index contributed by atoms with van der Waals surface area (Å²) in [7, 11) is 0. The fraction of sp³-hybridized carbons (Fsp3) is 0. The number of nitrogens with zero attached hydrogens (tertiary/aromatic N) is 1. The van der Waals surface area contributed by atoms with Crippen molar-refractivity contribution in [3.8, 4) is 66.8 Å². The molecule has 0 bridgehead atoms. The molecule has 1 heterocycles. The summed E-state index contributed by atoms with van der Waals surface area (Å²) < 4.78 is 0. The third kappa shape index (κ3) is 5.97. The Morgan fingerprint density at radius 3 is 1.68 bits per heavy atom. The van der Waals surface area contributed by atoms with Crippen molar-refractivity contribution < 1.29 is 0 Å². The van der Waals surface area contributed by atoms with E-state index in [1.807, 2.05) is 36.4 Å². The molecule has 0 spiro atoms. The SMILES string of the molecule is N=C/C(=C\C=C\c1ccccn1)c1ccc2cc(-c3ccc(-c4ccc5c6c(cccc46)-c4c-5c(-c5ccccc5)c5ccccc5c4-c4ccccc4)cc3)ccc2c1. The Hall–Kier alpha value is -7.94. The van der Waals surface area contributed by atoms with Gasteiger partial charge in [-0.2, -0.15) is 0 Å². The van der Waals surface area contributed by atoms with Crippen molar-refractivity contribution in [3.63, 3.8) is 0 Å². The average Bonchev–Trinajstić information content (AvgIpc) is 3.65. The van der Waals surface area contributed by atoms with Gasteiger partial charge in [-0.3, -0.25) is 4.98 Å². The number of pyridine rings is 1. The Morgan fingerprint density at radius 1 is 0.417 bits per heavy atom. The minimum absolute atomic E-state index is 0.845. The van der Waals surface area contributed by atoms with Crippen molar-refractivity contribution in [1.82, 2.24) is 4.98 Å². The molecule has 1 N–H and O–H groups in total. The number of rotatable bonds is 8. The Morgan fingerprint density at radius 2 is 1.00 bits per heavy atom. The van der Waals surface area contributed by atoms with E-state index in [0.29, 0.717) is 0 Å². The van der Waals surface area contributed by atoms with E-state index in [9.17, 15) is 0 Å². The molecule has 0 amide bonds. The second-order valence-electron chi connectivity index (χ2n) is 15.4. The molecule has 1 aliphatic rings. The minimum atomic E-state index is 0.845. The van der Waals surface area contributed by atoms with Crippen LogP contribution in [-0.4, -0.2) is 11.2 Å². The molecule has 0 unspecified atom stereocenters. The lowest BCUT2D eigenvalue weighted by molar-refractivity contribution is 1.30. The van der Waals surface area contributed by atoms with Crippen LogP contribution in [0.2, 0.25) is 0 Å². The second-order valence-corrected chi connectivity index (χ2v) is 15.4. The summed E-state index contributed by atoms with van der Waals surface area (Å²) in [6.45, 7) is 0. The van der Waals surface area contributed by atoms with Crippen LogP contribution in [0.4, 0.5) is 0 Å². The summed E-state index contributed by atoms with van der Waals surface area (Å²) in [6, 6.07) is 70.3. The summed E-state index contributed by atoms with van der Waals surface area (Å²) in [4.78, 5) is 4.35. The molecule has 0 saturated heterocycles. The zero-order valence-electron chi connectivity index (χ0n) is 32.8. The molecule has 280 valence electrons. The second kappa shape index (κ2) is 14.8. The van der Waals surface area contributed by atoms with Crippen LogP contribution in [-0.2, 0) is 0 Å². The van der Waals surface area contributed by atoms with Crippen LogP contribution in [0.5, 0.6) is 0 Å². The van der Waals surface area contributed by atoms with Crippen LogP contribution < -0.4 is 0 Å². The van der Waals surface area contributed by atoms with Crippen LogP contribution in [0.25, 0.3) is 111 Å². The first kappa shape index (κ1) is 35.2. The minimum Gasteiger partial charge on any atom is -0.308 e. The molecule has 0 atom stereocenters. The maximum Gasteiger partial charge on any atom is 0.0629 e. The van der Waals surface area contributed by atoms with Gasteiger partial charge in [0.05, 0.1) is 5.69 Å². The Bertz CT molecular complexity index is 3250. The van der Waals surface area contributed by atoms with Gasteiger partial charge in [0.1, 0.15) is 0 Å². The highest BCUT2D eigenvalue weighted by Gasteiger charge is 2.31. The smallest absolute Gasteiger partial charge is 0.0629 e. The van der Waals surface area contributed by atoms with E-state index >= 15 is 0 Å². The fourth-order valence-electron chi connectivity index (χ4n) is 9.26. The highest BCUT2D eigenvalue weighted by molar-refractivity contribution is 6.28. The van der Waals surface area contributed by atoms with Crippen molar-refractivity contribution >= 4 is 50.2 Å². The maximum absolute atomic E-state index is 8.08. The van der Waals surface area contributed by atoms with E-state index in [0.717, 1.165) is 27.6 Å². The lowest BCUT2D eigenvalue weighted by Crippen LogP contribution is -1.93. The normalized spacial score (nSPS) is 12.1. The number of fused-ring (bicyclic) bond motifs is 5. The van der Waals surface area contributed by atoms with Gasteiger partial charge in [0.2, 0.25) is 0 Å². The Labute approximate surface area is 349 Å². The molecule has 60 heavy (non-hydrogen) atoms. The zero-order valence-corrected chi connectivity index (χ0v) is 32.8. The van der Waals surface area contributed by atoms with Gasteiger partial charge in [0.15, 0.2) is 0 Å². The molecular weight excluding hydrogens is 725 g/mol. The first-order valence-corrected chi connectivity index (χ1v) is 20.4. The first-order valence-electron chi connectivity index (χ1n) is 20.4. The summed E-state index contributed by atoms with van der Waals surface area (Å²) in [5, 5.41) is 15.5. The quantitative estimate of drug-likeness (QED) is 0.121. The number of benzene rings is 9. The van der Waals surface area contributed by atoms with E-state index in [-0.39, 0.29) is 0 Å². The Kier molecular flexibility index (Phi) is 8.68. The molecule has 0 radical (unpaired) electrons. The van der Waals surface area contributed by atoms with Crippen molar-refractivity contribution in [2.24, 2.45) is 0 Å². The van der Waals surface area contributed by atoms with Gasteiger partial charge < -0.3 is 5.41 Å². The summed E-state index contributed by atoms with van der Waals surface area (Å²) in [5.74, 6) is 0. The standard InChI is InChI=1S/C58H38N2/c59-37-46(17-11-19-47-18-9-10-34-60-47)45-31-30-43-35-42(28-29-44(43)36-45)38-24-26-39(27-25-38)48-32-33-53-56-49(48)22-12-23-52(56)57-54(40-13-3-1-4-14-40)50-20-7-8-21-51(50)55(58(53)57)41-15-5-2-6-16-41/h1-37,59H/b19-11+,46-17+,59-37?. The van der Waals surface area contributed by atoms with Gasteiger partial charge in [-0.15, -0.1) is 0 Å². The van der Waals surface area contributed by atoms with E-state index < -0.39 is 0 Å². The largest absolute Gasteiger partial charge is 0.308 e. The average molecular weight is 763 g/mol. The lowest BCUT2D eigenvalue weighted by atomic mass is 9.82. The van der Waals surface area contributed by atoms with Gasteiger partial charge in [-0.25, -0.2) is 0 Å². The Balaban J connectivity index is 0.977. The number of hydrogen-bond donors (Lipinski definition) is 1. The van der Waals surface area contributed by atoms with Crippen molar-refractivity contribution in [2.45, 2.75) is 0 Å². The van der Waals surface area contributed by atoms with Gasteiger partial charge in [0.25, 0.3) is 0 Å².